The number of amides is 1. The number of methoxy groups -OCH3 is 1. The Morgan fingerprint density at radius 2 is 1.65 bits per heavy atom. The highest BCUT2D eigenvalue weighted by Crippen LogP contribution is 2.35. The lowest BCUT2D eigenvalue weighted by molar-refractivity contribution is -0.123. The zero-order valence-corrected chi connectivity index (χ0v) is 25.2. The summed E-state index contributed by atoms with van der Waals surface area (Å²) < 4.78 is 13.7. The molecule has 0 aliphatic rings. The average molecular weight is 635 g/mol. The van der Waals surface area contributed by atoms with Gasteiger partial charge in [-0.05, 0) is 52.2 Å². The number of nitrogens with one attached hydrogen (secondary N) is 1. The molecule has 0 atom stereocenters. The summed E-state index contributed by atoms with van der Waals surface area (Å²) in [6.45, 7) is 1.59. The molecule has 0 bridgehead atoms. The summed E-state index contributed by atoms with van der Waals surface area (Å²) in [5.41, 5.74) is 9.73. The number of nitrogens with zero attached hydrogens (tertiary/aromatic N) is 4. The van der Waals surface area contributed by atoms with Crippen LogP contribution in [0.3, 0.4) is 0 Å². The summed E-state index contributed by atoms with van der Waals surface area (Å²) >= 11 is 3.45. The van der Waals surface area contributed by atoms with Crippen LogP contribution in [-0.2, 0) is 16.1 Å². The minimum absolute atomic E-state index is 0.0631. The summed E-state index contributed by atoms with van der Waals surface area (Å²) in [6.07, 6.45) is 1.63. The molecule has 2 aromatic heterocycles. The Balaban J connectivity index is 1.44. The predicted octanol–water partition coefficient (Wildman–Crippen LogP) is 6.82. The van der Waals surface area contributed by atoms with Crippen LogP contribution in [0.4, 0.5) is 0 Å². The first-order valence-corrected chi connectivity index (χ1v) is 14.3. The Bertz CT molecular complexity index is 1800. The van der Waals surface area contributed by atoms with Gasteiger partial charge >= 0.3 is 0 Å². The number of carbonyl (C=O) groups is 1. The number of para-hydroxylation sites is 1. The van der Waals surface area contributed by atoms with Crippen molar-refractivity contribution >= 4 is 28.1 Å². The molecule has 0 aliphatic carbocycles. The second-order valence-electron chi connectivity index (χ2n) is 9.53. The van der Waals surface area contributed by atoms with Gasteiger partial charge in [0.15, 0.2) is 6.61 Å². The van der Waals surface area contributed by atoms with E-state index in [-0.39, 0.29) is 24.7 Å². The number of carbonyl (C=O) groups excluding carboxylic acids is 1. The maximum absolute atomic E-state index is 12.7. The van der Waals surface area contributed by atoms with Crippen LogP contribution >= 0.6 is 15.9 Å². The van der Waals surface area contributed by atoms with Crippen molar-refractivity contribution in [3.05, 3.63) is 124 Å². The van der Waals surface area contributed by atoms with Crippen molar-refractivity contribution in [3.63, 3.8) is 0 Å². The standard InChI is InChI=1S/C34H28BrN5O3/c1-23-32(35)29(21-42-2)28(19-36)34(38-23)43-22-31(41)39-37-20-26-18-30(24-12-6-3-7-13-24)40(27-16-10-5-11-17-27)33(26)25-14-8-4-9-15-25/h3-18,20H,21-22H2,1-2H3,(H,39,41)/b37-20-. The highest BCUT2D eigenvalue weighted by molar-refractivity contribution is 9.10. The molecule has 0 fully saturated rings. The van der Waals surface area contributed by atoms with Crippen molar-refractivity contribution in [1.82, 2.24) is 15.0 Å². The normalized spacial score (nSPS) is 10.9. The molecule has 214 valence electrons. The first kappa shape index (κ1) is 29.5. The lowest BCUT2D eigenvalue weighted by atomic mass is 10.1. The summed E-state index contributed by atoms with van der Waals surface area (Å²) in [5.74, 6) is -0.434. The maximum atomic E-state index is 12.7. The van der Waals surface area contributed by atoms with Gasteiger partial charge in [-0.1, -0.05) is 78.9 Å². The largest absolute Gasteiger partial charge is 0.467 e. The Hall–Kier alpha value is -5.04. The smallest absolute Gasteiger partial charge is 0.278 e. The molecule has 43 heavy (non-hydrogen) atoms. The van der Waals surface area contributed by atoms with Crippen molar-refractivity contribution in [2.75, 3.05) is 13.7 Å². The van der Waals surface area contributed by atoms with Crippen LogP contribution in [0.25, 0.3) is 28.2 Å². The zero-order valence-electron chi connectivity index (χ0n) is 23.6. The third-order valence-corrected chi connectivity index (χ3v) is 7.71. The van der Waals surface area contributed by atoms with Crippen LogP contribution in [0, 0.1) is 18.3 Å². The Labute approximate surface area is 258 Å². The topological polar surface area (TPSA) is 102 Å². The van der Waals surface area contributed by atoms with E-state index in [1.165, 1.54) is 7.11 Å². The number of hydrazone groups is 1. The molecule has 0 saturated carbocycles. The molecule has 0 spiro atoms. The molecule has 5 aromatic rings. The maximum Gasteiger partial charge on any atom is 0.278 e. The second-order valence-corrected chi connectivity index (χ2v) is 10.3. The molecule has 1 N–H and O–H groups in total. The number of nitriles is 1. The monoisotopic (exact) mass is 633 g/mol. The van der Waals surface area contributed by atoms with E-state index in [2.05, 4.69) is 72.4 Å². The zero-order chi connectivity index (χ0) is 30.2. The molecule has 8 nitrogen and oxygen atoms in total. The van der Waals surface area contributed by atoms with Crippen LogP contribution < -0.4 is 10.2 Å². The first-order valence-electron chi connectivity index (χ1n) is 13.5. The minimum atomic E-state index is -0.497. The number of ether oxygens (including phenoxy) is 2. The fourth-order valence-corrected chi connectivity index (χ4v) is 5.14. The summed E-state index contributed by atoms with van der Waals surface area (Å²) in [7, 11) is 1.54. The first-order chi connectivity index (χ1) is 21.0. The Morgan fingerprint density at radius 1 is 1.02 bits per heavy atom. The van der Waals surface area contributed by atoms with E-state index in [9.17, 15) is 10.1 Å². The Morgan fingerprint density at radius 3 is 2.28 bits per heavy atom. The van der Waals surface area contributed by atoms with Gasteiger partial charge in [-0.25, -0.2) is 10.4 Å². The van der Waals surface area contributed by atoms with E-state index >= 15 is 0 Å². The summed E-state index contributed by atoms with van der Waals surface area (Å²) in [6, 6.07) is 34.5. The lowest BCUT2D eigenvalue weighted by Crippen LogP contribution is -2.25. The van der Waals surface area contributed by atoms with E-state index in [0.29, 0.717) is 15.7 Å². The molecule has 5 rings (SSSR count). The molecular formula is C34H28BrN5O3. The van der Waals surface area contributed by atoms with Gasteiger partial charge in [0.25, 0.3) is 5.91 Å². The molecule has 1 amide bonds. The van der Waals surface area contributed by atoms with Gasteiger partial charge in [-0.3, -0.25) is 4.79 Å². The molecular weight excluding hydrogens is 606 g/mol. The third kappa shape index (κ3) is 6.56. The van der Waals surface area contributed by atoms with E-state index in [1.807, 2.05) is 66.7 Å². The van der Waals surface area contributed by atoms with Gasteiger partial charge in [0.2, 0.25) is 5.88 Å². The van der Waals surface area contributed by atoms with Gasteiger partial charge in [-0.15, -0.1) is 0 Å². The fourth-order valence-electron chi connectivity index (χ4n) is 4.74. The molecule has 0 radical (unpaired) electrons. The quantitative estimate of drug-likeness (QED) is 0.134. The Kier molecular flexibility index (Phi) is 9.42. The van der Waals surface area contributed by atoms with Crippen LogP contribution in [0.1, 0.15) is 22.4 Å². The van der Waals surface area contributed by atoms with Crippen LogP contribution in [0.2, 0.25) is 0 Å². The molecule has 0 aliphatic heterocycles. The number of hydrogen-bond donors (Lipinski definition) is 1. The SMILES string of the molecule is COCc1c(Br)c(C)nc(OCC(=O)N/N=C\c2cc(-c3ccccc3)n(-c3ccccc3)c2-c2ccccc2)c1C#N. The number of hydrogen-bond acceptors (Lipinski definition) is 6. The average Bonchev–Trinajstić information content (AvgIpc) is 3.43. The second kappa shape index (κ2) is 13.7. The summed E-state index contributed by atoms with van der Waals surface area (Å²) in [5, 5.41) is 14.0. The molecule has 3 aromatic carbocycles. The van der Waals surface area contributed by atoms with Crippen LogP contribution in [0.15, 0.2) is 107 Å². The van der Waals surface area contributed by atoms with Crippen molar-refractivity contribution in [1.29, 1.82) is 5.26 Å². The number of benzene rings is 3. The van der Waals surface area contributed by atoms with Crippen molar-refractivity contribution < 1.29 is 14.3 Å². The van der Waals surface area contributed by atoms with Gasteiger partial charge in [-0.2, -0.15) is 10.4 Å². The van der Waals surface area contributed by atoms with Gasteiger partial charge < -0.3 is 14.0 Å². The van der Waals surface area contributed by atoms with E-state index in [1.54, 1.807) is 13.1 Å². The minimum Gasteiger partial charge on any atom is -0.467 e. The molecule has 0 unspecified atom stereocenters. The van der Waals surface area contributed by atoms with E-state index in [0.717, 1.165) is 33.8 Å². The van der Waals surface area contributed by atoms with Crippen molar-refractivity contribution in [3.8, 4) is 40.2 Å². The molecule has 9 heteroatoms. The fraction of sp³-hybridized carbons (Fsp3) is 0.118. The van der Waals surface area contributed by atoms with Crippen LogP contribution in [0.5, 0.6) is 5.88 Å². The number of aromatic nitrogens is 2. The van der Waals surface area contributed by atoms with E-state index < -0.39 is 5.91 Å². The van der Waals surface area contributed by atoms with Crippen molar-refractivity contribution in [2.45, 2.75) is 13.5 Å². The van der Waals surface area contributed by atoms with E-state index in [4.69, 9.17) is 9.47 Å². The summed E-state index contributed by atoms with van der Waals surface area (Å²) in [4.78, 5) is 17.1. The predicted molar refractivity (Wildman–Crippen MR) is 170 cm³/mol. The number of halogens is 1. The van der Waals surface area contributed by atoms with Crippen LogP contribution in [-0.4, -0.2) is 35.4 Å². The van der Waals surface area contributed by atoms with Gasteiger partial charge in [0, 0.05) is 28.4 Å². The van der Waals surface area contributed by atoms with Gasteiger partial charge in [0.05, 0.1) is 29.9 Å². The highest BCUT2D eigenvalue weighted by atomic mass is 79.9. The third-order valence-electron chi connectivity index (χ3n) is 6.66. The number of aryl methyl sites for hydroxylation is 1. The van der Waals surface area contributed by atoms with Gasteiger partial charge in [0.1, 0.15) is 11.6 Å². The lowest BCUT2D eigenvalue weighted by Gasteiger charge is -2.15. The molecule has 0 saturated heterocycles. The highest BCUT2D eigenvalue weighted by Gasteiger charge is 2.20. The molecule has 2 heterocycles. The number of rotatable bonds is 10. The number of pyridine rings is 1. The van der Waals surface area contributed by atoms with Crippen molar-refractivity contribution in [2.24, 2.45) is 5.10 Å².